The zero-order valence-corrected chi connectivity index (χ0v) is 11.1. The number of nitrogens with zero attached hydrogens (tertiary/aromatic N) is 1. The molecule has 0 aliphatic carbocycles. The lowest BCUT2D eigenvalue weighted by Crippen LogP contribution is -2.05. The molecule has 0 spiro atoms. The molecule has 0 amide bonds. The Morgan fingerprint density at radius 1 is 1.26 bits per heavy atom. The highest BCUT2D eigenvalue weighted by molar-refractivity contribution is 7.99. The van der Waals surface area contributed by atoms with Crippen LogP contribution in [0.15, 0.2) is 41.8 Å². The van der Waals surface area contributed by atoms with Crippen molar-refractivity contribution in [1.29, 1.82) is 0 Å². The van der Waals surface area contributed by atoms with Crippen LogP contribution < -0.4 is 0 Å². The summed E-state index contributed by atoms with van der Waals surface area (Å²) in [5, 5.41) is 0.818. The van der Waals surface area contributed by atoms with Gasteiger partial charge >= 0.3 is 6.18 Å². The number of aromatic nitrogens is 2. The van der Waals surface area contributed by atoms with Crippen molar-refractivity contribution in [1.82, 2.24) is 9.97 Å². The van der Waals surface area contributed by atoms with E-state index in [1.165, 1.54) is 12.1 Å². The number of halogens is 3. The summed E-state index contributed by atoms with van der Waals surface area (Å²) < 4.78 is 37.3. The minimum Gasteiger partial charge on any atom is -0.340 e. The lowest BCUT2D eigenvalue weighted by Gasteiger charge is -2.12. The number of thioether (sulfide) groups is 1. The molecule has 2 rings (SSSR count). The summed E-state index contributed by atoms with van der Waals surface area (Å²) in [4.78, 5) is 7.06. The molecule has 1 aromatic carbocycles. The Morgan fingerprint density at radius 3 is 2.47 bits per heavy atom. The number of alkyl halides is 3. The van der Waals surface area contributed by atoms with Crippen LogP contribution in [0.25, 0.3) is 0 Å². The van der Waals surface area contributed by atoms with Gasteiger partial charge in [-0.25, -0.2) is 4.98 Å². The summed E-state index contributed by atoms with van der Waals surface area (Å²) >= 11 is 1.55. The van der Waals surface area contributed by atoms with Crippen LogP contribution >= 0.6 is 11.8 Å². The predicted molar refractivity (Wildman–Crippen MR) is 69.2 cm³/mol. The molecule has 0 saturated carbocycles. The number of aromatic amines is 1. The zero-order valence-electron chi connectivity index (χ0n) is 10.2. The van der Waals surface area contributed by atoms with Crippen molar-refractivity contribution in [3.05, 3.63) is 47.8 Å². The maximum atomic E-state index is 12.4. The molecule has 1 aromatic heterocycles. The first-order valence-corrected chi connectivity index (χ1v) is 6.74. The van der Waals surface area contributed by atoms with Gasteiger partial charge in [0.15, 0.2) is 5.16 Å². The summed E-state index contributed by atoms with van der Waals surface area (Å²) in [6.07, 6.45) is -0.860. The van der Waals surface area contributed by atoms with E-state index in [1.54, 1.807) is 24.2 Å². The first kappa shape index (κ1) is 14.0. The Labute approximate surface area is 113 Å². The molecule has 0 fully saturated rings. The highest BCUT2D eigenvalue weighted by Crippen LogP contribution is 2.31. The van der Waals surface area contributed by atoms with Gasteiger partial charge in [-0.15, -0.1) is 0 Å². The van der Waals surface area contributed by atoms with E-state index >= 15 is 0 Å². The minimum absolute atomic E-state index is 0.164. The molecule has 2 aromatic rings. The fraction of sp³-hybridized carbons (Fsp3) is 0.308. The zero-order chi connectivity index (χ0) is 13.9. The average Bonchev–Trinajstić information content (AvgIpc) is 2.88. The van der Waals surface area contributed by atoms with Crippen molar-refractivity contribution in [2.45, 2.75) is 24.2 Å². The molecule has 6 heteroatoms. The fourth-order valence-electron chi connectivity index (χ4n) is 1.63. The number of imidazole rings is 1. The topological polar surface area (TPSA) is 28.7 Å². The number of rotatable bonds is 4. The Bertz CT molecular complexity index is 506. The molecule has 0 aliphatic rings. The number of hydrogen-bond donors (Lipinski definition) is 1. The Hall–Kier alpha value is -1.43. The van der Waals surface area contributed by atoms with Crippen LogP contribution in [0.1, 0.15) is 24.0 Å². The lowest BCUT2D eigenvalue weighted by atomic mass is 10.0. The second kappa shape index (κ2) is 5.69. The molecule has 0 radical (unpaired) electrons. The molecular formula is C13H13F3N2S. The number of hydrogen-bond acceptors (Lipinski definition) is 2. The van der Waals surface area contributed by atoms with E-state index < -0.39 is 11.7 Å². The number of benzene rings is 1. The van der Waals surface area contributed by atoms with Gasteiger partial charge in [-0.2, -0.15) is 13.2 Å². The molecule has 0 aliphatic heterocycles. The highest BCUT2D eigenvalue weighted by atomic mass is 32.2. The van der Waals surface area contributed by atoms with Crippen molar-refractivity contribution < 1.29 is 13.2 Å². The molecule has 0 bridgehead atoms. The Morgan fingerprint density at radius 2 is 1.95 bits per heavy atom. The van der Waals surface area contributed by atoms with Crippen LogP contribution in [0.4, 0.5) is 13.2 Å². The van der Waals surface area contributed by atoms with Gasteiger partial charge in [-0.1, -0.05) is 30.8 Å². The van der Waals surface area contributed by atoms with Crippen molar-refractivity contribution >= 4 is 11.8 Å². The van der Waals surface area contributed by atoms with E-state index in [9.17, 15) is 13.2 Å². The Balaban J connectivity index is 1.97. The van der Waals surface area contributed by atoms with E-state index in [2.05, 4.69) is 9.97 Å². The number of nitrogens with one attached hydrogen (secondary N) is 1. The van der Waals surface area contributed by atoms with Crippen molar-refractivity contribution in [2.75, 3.05) is 5.75 Å². The summed E-state index contributed by atoms with van der Waals surface area (Å²) in [7, 11) is 0. The maximum absolute atomic E-state index is 12.4. The van der Waals surface area contributed by atoms with E-state index in [1.807, 2.05) is 6.92 Å². The van der Waals surface area contributed by atoms with E-state index in [4.69, 9.17) is 0 Å². The largest absolute Gasteiger partial charge is 0.416 e. The quantitative estimate of drug-likeness (QED) is 0.848. The summed E-state index contributed by atoms with van der Waals surface area (Å²) in [6, 6.07) is 5.33. The van der Waals surface area contributed by atoms with Crippen LogP contribution in [-0.4, -0.2) is 15.7 Å². The standard InChI is InChI=1S/C13H13F3N2S/c1-9(8-19-12-17-6-7-18-12)10-2-4-11(5-3-10)13(14,15)16/h2-7,9H,8H2,1H3,(H,17,18)/t9-/m0/s1. The maximum Gasteiger partial charge on any atom is 0.416 e. The third-order valence-electron chi connectivity index (χ3n) is 2.75. The molecular weight excluding hydrogens is 273 g/mol. The molecule has 1 atom stereocenters. The van der Waals surface area contributed by atoms with Gasteiger partial charge in [-0.3, -0.25) is 0 Å². The molecule has 0 unspecified atom stereocenters. The fourth-order valence-corrected chi connectivity index (χ4v) is 2.52. The van der Waals surface area contributed by atoms with Gasteiger partial charge in [0.2, 0.25) is 0 Å². The van der Waals surface area contributed by atoms with Crippen molar-refractivity contribution in [3.8, 4) is 0 Å². The second-order valence-corrected chi connectivity index (χ2v) is 5.23. The van der Waals surface area contributed by atoms with Gasteiger partial charge in [0, 0.05) is 18.1 Å². The summed E-state index contributed by atoms with van der Waals surface area (Å²) in [6.45, 7) is 1.98. The van der Waals surface area contributed by atoms with Crippen LogP contribution in [0.5, 0.6) is 0 Å². The first-order valence-electron chi connectivity index (χ1n) is 5.76. The third kappa shape index (κ3) is 3.76. The normalized spacial score (nSPS) is 13.5. The molecule has 1 N–H and O–H groups in total. The molecule has 1 heterocycles. The first-order chi connectivity index (χ1) is 8.97. The SMILES string of the molecule is C[C@@H](CSc1ncc[nH]1)c1ccc(C(F)(F)F)cc1. The predicted octanol–water partition coefficient (Wildman–Crippen LogP) is 4.32. The highest BCUT2D eigenvalue weighted by Gasteiger charge is 2.30. The van der Waals surface area contributed by atoms with Crippen LogP contribution in [0.3, 0.4) is 0 Å². The third-order valence-corrected chi connectivity index (χ3v) is 3.91. The second-order valence-electron chi connectivity index (χ2n) is 4.23. The van der Waals surface area contributed by atoms with Crippen LogP contribution in [0.2, 0.25) is 0 Å². The summed E-state index contributed by atoms with van der Waals surface area (Å²) in [5.41, 5.74) is 0.286. The van der Waals surface area contributed by atoms with Gasteiger partial charge in [-0.05, 0) is 23.6 Å². The molecule has 0 saturated heterocycles. The molecule has 102 valence electrons. The van der Waals surface area contributed by atoms with Gasteiger partial charge in [0.05, 0.1) is 5.56 Å². The van der Waals surface area contributed by atoms with Gasteiger partial charge < -0.3 is 4.98 Å². The lowest BCUT2D eigenvalue weighted by molar-refractivity contribution is -0.137. The summed E-state index contributed by atoms with van der Waals surface area (Å²) in [5.74, 6) is 0.927. The van der Waals surface area contributed by atoms with Gasteiger partial charge in [0.25, 0.3) is 0 Å². The monoisotopic (exact) mass is 286 g/mol. The molecule has 2 nitrogen and oxygen atoms in total. The van der Waals surface area contributed by atoms with Gasteiger partial charge in [0.1, 0.15) is 0 Å². The van der Waals surface area contributed by atoms with Crippen LogP contribution in [-0.2, 0) is 6.18 Å². The molecule has 19 heavy (non-hydrogen) atoms. The van der Waals surface area contributed by atoms with Crippen molar-refractivity contribution in [2.24, 2.45) is 0 Å². The minimum atomic E-state index is -4.27. The van der Waals surface area contributed by atoms with E-state index in [0.717, 1.165) is 28.6 Å². The average molecular weight is 286 g/mol. The van der Waals surface area contributed by atoms with Crippen molar-refractivity contribution in [3.63, 3.8) is 0 Å². The smallest absolute Gasteiger partial charge is 0.340 e. The number of H-pyrrole nitrogens is 1. The van der Waals surface area contributed by atoms with E-state index in [-0.39, 0.29) is 5.92 Å². The Kier molecular flexibility index (Phi) is 4.19. The van der Waals surface area contributed by atoms with Crippen LogP contribution in [0, 0.1) is 0 Å². The van der Waals surface area contributed by atoms with E-state index in [0.29, 0.717) is 0 Å².